The second kappa shape index (κ2) is 11.4. The summed E-state index contributed by atoms with van der Waals surface area (Å²) in [6.07, 6.45) is 17.8. The maximum atomic E-state index is 5.84. The third-order valence-electron chi connectivity index (χ3n) is 4.82. The summed E-state index contributed by atoms with van der Waals surface area (Å²) in [4.78, 5) is 0. The molecule has 2 rings (SSSR count). The van der Waals surface area contributed by atoms with Crippen LogP contribution in [0.2, 0.25) is 0 Å². The van der Waals surface area contributed by atoms with Crippen molar-refractivity contribution in [2.75, 3.05) is 13.2 Å². The molecular weight excluding hydrogens is 308 g/mol. The fraction of sp³-hybridized carbons (Fsp3) is 0.652. The number of ether oxygens (including phenoxy) is 2. The molecule has 0 radical (unpaired) electrons. The molecule has 140 valence electrons. The zero-order valence-corrected chi connectivity index (χ0v) is 16.3. The number of rotatable bonds is 14. The Morgan fingerprint density at radius 1 is 1.04 bits per heavy atom. The van der Waals surface area contributed by atoms with Gasteiger partial charge in [0, 0.05) is 0 Å². The summed E-state index contributed by atoms with van der Waals surface area (Å²) < 4.78 is 11.2. The summed E-state index contributed by atoms with van der Waals surface area (Å²) >= 11 is 0. The zero-order chi connectivity index (χ0) is 17.8. The smallest absolute Gasteiger partial charge is 0.123 e. The Kier molecular flexibility index (Phi) is 9.10. The molecule has 1 heterocycles. The van der Waals surface area contributed by atoms with Gasteiger partial charge in [-0.25, -0.2) is 0 Å². The fourth-order valence-electron chi connectivity index (χ4n) is 2.94. The van der Waals surface area contributed by atoms with Crippen LogP contribution in [0.3, 0.4) is 0 Å². The van der Waals surface area contributed by atoms with E-state index in [0.29, 0.717) is 6.61 Å². The second-order valence-corrected chi connectivity index (χ2v) is 7.59. The minimum absolute atomic E-state index is 0.0469. The summed E-state index contributed by atoms with van der Waals surface area (Å²) in [5, 5.41) is 0. The Hall–Kier alpha value is -1.28. The van der Waals surface area contributed by atoms with E-state index in [-0.39, 0.29) is 5.60 Å². The lowest BCUT2D eigenvalue weighted by Gasteiger charge is -2.09. The molecule has 25 heavy (non-hydrogen) atoms. The monoisotopic (exact) mass is 344 g/mol. The van der Waals surface area contributed by atoms with Crippen molar-refractivity contribution >= 4 is 0 Å². The molecule has 0 amide bonds. The standard InChI is InChI=1S/C23H36O2/c1-3-4-5-6-7-8-9-10-11-12-13-15-21-16-14-17-22(18-21)24-19-23(2)20-25-23/h11-12,14,16-18H,3-10,13,15,19-20H2,1-2H3/b12-11+. The molecule has 1 saturated heterocycles. The largest absolute Gasteiger partial charge is 0.490 e. The summed E-state index contributed by atoms with van der Waals surface area (Å²) in [6, 6.07) is 8.47. The molecule has 1 aromatic rings. The van der Waals surface area contributed by atoms with Crippen LogP contribution in [0.4, 0.5) is 0 Å². The molecule has 0 bridgehead atoms. The van der Waals surface area contributed by atoms with Gasteiger partial charge in [-0.1, -0.05) is 69.7 Å². The van der Waals surface area contributed by atoms with Gasteiger partial charge in [0.25, 0.3) is 0 Å². The molecule has 1 aliphatic rings. The summed E-state index contributed by atoms with van der Waals surface area (Å²) in [5.41, 5.74) is 1.30. The van der Waals surface area contributed by atoms with Gasteiger partial charge < -0.3 is 9.47 Å². The first-order valence-electron chi connectivity index (χ1n) is 10.2. The highest BCUT2D eigenvalue weighted by molar-refractivity contribution is 5.29. The third kappa shape index (κ3) is 9.11. The van der Waals surface area contributed by atoms with E-state index < -0.39 is 0 Å². The Balaban J connectivity index is 1.52. The van der Waals surface area contributed by atoms with Gasteiger partial charge >= 0.3 is 0 Å². The first-order valence-corrected chi connectivity index (χ1v) is 10.2. The van der Waals surface area contributed by atoms with Crippen molar-refractivity contribution in [3.05, 3.63) is 42.0 Å². The van der Waals surface area contributed by atoms with E-state index in [9.17, 15) is 0 Å². The first-order chi connectivity index (χ1) is 12.2. The van der Waals surface area contributed by atoms with Crippen LogP contribution >= 0.6 is 0 Å². The van der Waals surface area contributed by atoms with E-state index in [1.807, 2.05) is 6.07 Å². The SMILES string of the molecule is CCCCCCCCC/C=C/CCc1cccc(OCC2(C)CO2)c1. The van der Waals surface area contributed by atoms with Crippen molar-refractivity contribution in [3.63, 3.8) is 0 Å². The number of allylic oxidation sites excluding steroid dienone is 2. The Morgan fingerprint density at radius 2 is 1.76 bits per heavy atom. The number of unbranched alkanes of at least 4 members (excludes halogenated alkanes) is 7. The average Bonchev–Trinajstić information content (AvgIpc) is 3.36. The van der Waals surface area contributed by atoms with Gasteiger partial charge in [-0.2, -0.15) is 0 Å². The maximum absolute atomic E-state index is 5.84. The molecule has 0 aromatic heterocycles. The number of hydrogen-bond acceptors (Lipinski definition) is 2. The van der Waals surface area contributed by atoms with Crippen LogP contribution < -0.4 is 4.74 Å². The molecule has 2 nitrogen and oxygen atoms in total. The summed E-state index contributed by atoms with van der Waals surface area (Å²) in [7, 11) is 0. The quantitative estimate of drug-likeness (QED) is 0.219. The molecule has 0 saturated carbocycles. The van der Waals surface area contributed by atoms with Gasteiger partial charge in [0.15, 0.2) is 0 Å². The van der Waals surface area contributed by atoms with E-state index in [1.54, 1.807) is 0 Å². The van der Waals surface area contributed by atoms with Crippen LogP contribution in [0.5, 0.6) is 5.75 Å². The van der Waals surface area contributed by atoms with Crippen LogP contribution in [0, 0.1) is 0 Å². The predicted octanol–water partition coefficient (Wildman–Crippen LogP) is 6.48. The average molecular weight is 345 g/mol. The molecule has 1 atom stereocenters. The van der Waals surface area contributed by atoms with E-state index in [0.717, 1.165) is 25.2 Å². The lowest BCUT2D eigenvalue weighted by atomic mass is 10.1. The first kappa shape index (κ1) is 20.0. The van der Waals surface area contributed by atoms with E-state index in [4.69, 9.17) is 9.47 Å². The van der Waals surface area contributed by atoms with Crippen LogP contribution in [0.1, 0.15) is 77.2 Å². The molecule has 1 unspecified atom stereocenters. The van der Waals surface area contributed by atoms with E-state index in [2.05, 4.69) is 44.2 Å². The van der Waals surface area contributed by atoms with Gasteiger partial charge in [0.2, 0.25) is 0 Å². The summed E-state index contributed by atoms with van der Waals surface area (Å²) in [5.74, 6) is 0.960. The van der Waals surface area contributed by atoms with Crippen molar-refractivity contribution in [1.29, 1.82) is 0 Å². The maximum Gasteiger partial charge on any atom is 0.123 e. The number of epoxide rings is 1. The number of hydrogen-bond donors (Lipinski definition) is 0. The molecule has 1 fully saturated rings. The van der Waals surface area contributed by atoms with Gasteiger partial charge in [-0.05, 0) is 50.3 Å². The van der Waals surface area contributed by atoms with Crippen molar-refractivity contribution in [1.82, 2.24) is 0 Å². The number of benzene rings is 1. The minimum atomic E-state index is -0.0469. The Bertz CT molecular complexity index is 503. The molecule has 2 heteroatoms. The predicted molar refractivity (Wildman–Crippen MR) is 106 cm³/mol. The van der Waals surface area contributed by atoms with E-state index in [1.165, 1.54) is 56.9 Å². The molecule has 0 N–H and O–H groups in total. The van der Waals surface area contributed by atoms with Crippen LogP contribution in [-0.4, -0.2) is 18.8 Å². The normalized spacial score (nSPS) is 19.4. The fourth-order valence-corrected chi connectivity index (χ4v) is 2.94. The van der Waals surface area contributed by atoms with Gasteiger partial charge in [0.1, 0.15) is 18.0 Å². The van der Waals surface area contributed by atoms with Gasteiger partial charge in [-0.3, -0.25) is 0 Å². The molecule has 1 aliphatic heterocycles. The lowest BCUT2D eigenvalue weighted by Crippen LogP contribution is -2.16. The molecule has 0 spiro atoms. The summed E-state index contributed by atoms with van der Waals surface area (Å²) in [6.45, 7) is 5.83. The van der Waals surface area contributed by atoms with Crippen molar-refractivity contribution in [2.24, 2.45) is 0 Å². The lowest BCUT2D eigenvalue weighted by molar-refractivity contribution is 0.202. The highest BCUT2D eigenvalue weighted by Crippen LogP contribution is 2.27. The van der Waals surface area contributed by atoms with E-state index >= 15 is 0 Å². The highest BCUT2D eigenvalue weighted by atomic mass is 16.6. The van der Waals surface area contributed by atoms with Gasteiger partial charge in [-0.15, -0.1) is 0 Å². The minimum Gasteiger partial charge on any atom is -0.490 e. The topological polar surface area (TPSA) is 21.8 Å². The zero-order valence-electron chi connectivity index (χ0n) is 16.3. The van der Waals surface area contributed by atoms with Crippen LogP contribution in [-0.2, 0) is 11.2 Å². The Labute approximate surface area is 154 Å². The van der Waals surface area contributed by atoms with Crippen LogP contribution in [0.15, 0.2) is 36.4 Å². The highest BCUT2D eigenvalue weighted by Gasteiger charge is 2.40. The van der Waals surface area contributed by atoms with Crippen molar-refractivity contribution in [2.45, 2.75) is 83.7 Å². The molecular formula is C23H36O2. The van der Waals surface area contributed by atoms with Gasteiger partial charge in [0.05, 0.1) is 6.61 Å². The number of aryl methyl sites for hydroxylation is 1. The third-order valence-corrected chi connectivity index (χ3v) is 4.82. The molecule has 0 aliphatic carbocycles. The van der Waals surface area contributed by atoms with Crippen LogP contribution in [0.25, 0.3) is 0 Å². The Morgan fingerprint density at radius 3 is 2.52 bits per heavy atom. The van der Waals surface area contributed by atoms with Crippen molar-refractivity contribution < 1.29 is 9.47 Å². The van der Waals surface area contributed by atoms with Crippen molar-refractivity contribution in [3.8, 4) is 5.75 Å². The molecule has 1 aromatic carbocycles. The second-order valence-electron chi connectivity index (χ2n) is 7.59.